The first-order chi connectivity index (χ1) is 50.0. The third-order valence-corrected chi connectivity index (χ3v) is 18.2. The van der Waals surface area contributed by atoms with E-state index in [1.54, 1.807) is 0 Å². The predicted octanol–water partition coefficient (Wildman–Crippen LogP) is 26.6. The van der Waals surface area contributed by atoms with Crippen LogP contribution in [0.3, 0.4) is 0 Å². The highest BCUT2D eigenvalue weighted by Gasteiger charge is 2.15. The second-order valence-corrected chi connectivity index (χ2v) is 25.8. The Balaban J connectivity index is 0.000000115. The maximum atomic E-state index is 2.34. The molecule has 0 aliphatic carbocycles. The van der Waals surface area contributed by atoms with Gasteiger partial charge in [-0.25, -0.2) is 0 Å². The fraction of sp³-hybridized carbons (Fsp3) is 0.0816. The van der Waals surface area contributed by atoms with Gasteiger partial charge in [-0.15, -0.1) is 0 Å². The predicted molar refractivity (Wildman–Crippen MR) is 442 cm³/mol. The van der Waals surface area contributed by atoms with E-state index in [0.717, 1.165) is 0 Å². The number of benzene rings is 15. The number of para-hydroxylation sites is 8. The van der Waals surface area contributed by atoms with Crippen molar-refractivity contribution in [2.45, 2.75) is 48.5 Å². The first-order valence-electron chi connectivity index (χ1n) is 35.1. The number of nitrogens with zero attached hydrogens (tertiary/aromatic N) is 4. The Morgan fingerprint density at radius 2 is 0.431 bits per heavy atom. The Labute approximate surface area is 601 Å². The molecule has 0 fully saturated rings. The molecule has 0 aliphatic heterocycles. The number of hydrogen-bond donors (Lipinski definition) is 0. The standard InChI is InChI=1S/3C19H15N.C13H11N.4C7H8/c1-14-8-7-13-18-19(14)16-11-5-6-12-17(16)20(18)15-9-3-2-4-10-15;1-14-11-12-19-17(13-14)16-9-5-6-10-18(16)20(19)15-7-3-2-4-8-15;1-14-11-12-17-16-9-5-6-10-18(16)20(19(17)13-14)15-7-3-2-4-8-15;1-14-12-8-4-2-6-10(12)11-7-3-5-9-13(11)14;4*1-7-5-3-2-4-6-7/h3*2-13H,1H3;2-9H,1H3;4*2-6H,1H3. The topological polar surface area (TPSA) is 19.7 Å². The fourth-order valence-corrected chi connectivity index (χ4v) is 13.2. The van der Waals surface area contributed by atoms with Crippen LogP contribution in [0, 0.1) is 48.5 Å². The van der Waals surface area contributed by atoms with Crippen LogP contribution >= 0.6 is 0 Å². The lowest BCUT2D eigenvalue weighted by atomic mass is 10.1. The molecule has 0 saturated carbocycles. The molecule has 500 valence electrons. The second-order valence-electron chi connectivity index (χ2n) is 25.8. The lowest BCUT2D eigenvalue weighted by Gasteiger charge is -2.07. The van der Waals surface area contributed by atoms with Crippen LogP contribution in [-0.2, 0) is 7.05 Å². The fourth-order valence-electron chi connectivity index (χ4n) is 13.2. The highest BCUT2D eigenvalue weighted by Crippen LogP contribution is 2.36. The van der Waals surface area contributed by atoms with E-state index in [1.165, 1.54) is 143 Å². The van der Waals surface area contributed by atoms with E-state index in [4.69, 9.17) is 0 Å². The number of rotatable bonds is 3. The van der Waals surface area contributed by atoms with Crippen molar-refractivity contribution in [3.8, 4) is 17.1 Å². The molecule has 19 aromatic rings. The van der Waals surface area contributed by atoms with Gasteiger partial charge in [0.2, 0.25) is 0 Å². The number of aryl methyl sites for hydroxylation is 8. The summed E-state index contributed by atoms with van der Waals surface area (Å²) in [7, 11) is 2.12. The molecule has 15 aromatic carbocycles. The largest absolute Gasteiger partial charge is 0.344 e. The molecule has 4 heterocycles. The zero-order valence-electron chi connectivity index (χ0n) is 59.7. The van der Waals surface area contributed by atoms with Crippen LogP contribution in [0.1, 0.15) is 38.9 Å². The van der Waals surface area contributed by atoms with E-state index >= 15 is 0 Å². The van der Waals surface area contributed by atoms with E-state index in [-0.39, 0.29) is 0 Å². The lowest BCUT2D eigenvalue weighted by Crippen LogP contribution is -1.92. The average Bonchev–Trinajstić information content (AvgIpc) is 1.62. The Morgan fingerprint density at radius 1 is 0.167 bits per heavy atom. The lowest BCUT2D eigenvalue weighted by molar-refractivity contribution is 1.01. The third kappa shape index (κ3) is 16.6. The van der Waals surface area contributed by atoms with Gasteiger partial charge in [0.25, 0.3) is 0 Å². The van der Waals surface area contributed by atoms with Crippen LogP contribution in [0.2, 0.25) is 0 Å². The third-order valence-electron chi connectivity index (χ3n) is 18.2. The van der Waals surface area contributed by atoms with Crippen molar-refractivity contribution >= 4 is 87.2 Å². The van der Waals surface area contributed by atoms with Gasteiger partial charge in [0.1, 0.15) is 0 Å². The van der Waals surface area contributed by atoms with Gasteiger partial charge >= 0.3 is 0 Å². The minimum absolute atomic E-state index is 1.21. The van der Waals surface area contributed by atoms with Gasteiger partial charge in [-0.2, -0.15) is 0 Å². The molecule has 4 heteroatoms. The second kappa shape index (κ2) is 33.8. The molecule has 102 heavy (non-hydrogen) atoms. The van der Waals surface area contributed by atoms with Gasteiger partial charge in [0.15, 0.2) is 0 Å². The molecule has 0 N–H and O–H groups in total. The summed E-state index contributed by atoms with van der Waals surface area (Å²) in [5.41, 5.74) is 23.0. The van der Waals surface area contributed by atoms with E-state index in [1.807, 2.05) is 72.8 Å². The van der Waals surface area contributed by atoms with Crippen molar-refractivity contribution in [1.29, 1.82) is 0 Å². The zero-order valence-corrected chi connectivity index (χ0v) is 59.7. The Hall–Kier alpha value is -12.5. The zero-order chi connectivity index (χ0) is 70.6. The van der Waals surface area contributed by atoms with Crippen LogP contribution in [0.4, 0.5) is 0 Å². The van der Waals surface area contributed by atoms with E-state index in [9.17, 15) is 0 Å². The Bertz CT molecular complexity index is 5560. The summed E-state index contributed by atoms with van der Waals surface area (Å²) in [6.45, 7) is 14.8. The molecule has 0 bridgehead atoms. The summed E-state index contributed by atoms with van der Waals surface area (Å²) < 4.78 is 9.27. The molecular formula is C98H88N4. The van der Waals surface area contributed by atoms with Gasteiger partial charge in [-0.1, -0.05) is 325 Å². The molecule has 4 aromatic heterocycles. The highest BCUT2D eigenvalue weighted by molar-refractivity contribution is 6.12. The molecule has 0 radical (unpaired) electrons. The smallest absolute Gasteiger partial charge is 0.0543 e. The van der Waals surface area contributed by atoms with Gasteiger partial charge < -0.3 is 18.3 Å². The van der Waals surface area contributed by atoms with Crippen molar-refractivity contribution in [3.63, 3.8) is 0 Å². The SMILES string of the molecule is Cc1ccc2c(c1)c1ccccc1n2-c1ccccc1.Cc1ccc2c3ccccc3n(-c3ccccc3)c2c1.Cc1cccc2c1c1ccccc1n2-c1ccccc1.Cc1ccccc1.Cc1ccccc1.Cc1ccccc1.Cc1ccccc1.Cn1c2ccccc2c2ccccc21. The van der Waals surface area contributed by atoms with Crippen molar-refractivity contribution in [1.82, 2.24) is 18.3 Å². The summed E-state index contributed by atoms with van der Waals surface area (Å²) in [5, 5.41) is 10.6. The Kier molecular flexibility index (Phi) is 23.0. The van der Waals surface area contributed by atoms with Gasteiger partial charge in [-0.3, -0.25) is 0 Å². The monoisotopic (exact) mass is 1320 g/mol. The molecule has 0 spiro atoms. The highest BCUT2D eigenvalue weighted by atomic mass is 15.0. The number of aromatic nitrogens is 4. The minimum atomic E-state index is 1.21. The summed E-state index contributed by atoms with van der Waals surface area (Å²) in [6, 6.07) is 135. The van der Waals surface area contributed by atoms with Crippen LogP contribution in [0.5, 0.6) is 0 Å². The van der Waals surface area contributed by atoms with Gasteiger partial charge in [0, 0.05) is 78.2 Å². The molecule has 0 atom stereocenters. The van der Waals surface area contributed by atoms with Gasteiger partial charge in [-0.05, 0) is 151 Å². The van der Waals surface area contributed by atoms with E-state index in [2.05, 4.69) is 389 Å². The minimum Gasteiger partial charge on any atom is -0.344 e. The summed E-state index contributed by atoms with van der Waals surface area (Å²) in [5.74, 6) is 0. The molecule has 0 unspecified atom stereocenters. The van der Waals surface area contributed by atoms with Crippen molar-refractivity contribution in [3.05, 3.63) is 427 Å². The van der Waals surface area contributed by atoms with Crippen molar-refractivity contribution < 1.29 is 0 Å². The molecule has 0 saturated heterocycles. The number of fused-ring (bicyclic) bond motifs is 12. The average molecular weight is 1320 g/mol. The van der Waals surface area contributed by atoms with Crippen LogP contribution in [-0.4, -0.2) is 18.3 Å². The molecule has 0 amide bonds. The quantitative estimate of drug-likeness (QED) is 0.168. The maximum Gasteiger partial charge on any atom is 0.0543 e. The van der Waals surface area contributed by atoms with Crippen LogP contribution < -0.4 is 0 Å². The van der Waals surface area contributed by atoms with Crippen molar-refractivity contribution in [2.75, 3.05) is 0 Å². The normalized spacial score (nSPS) is 10.5. The molecule has 19 rings (SSSR count). The molecule has 0 aliphatic rings. The summed E-state index contributed by atoms with van der Waals surface area (Å²) in [4.78, 5) is 0. The first-order valence-corrected chi connectivity index (χ1v) is 35.1. The first kappa shape index (κ1) is 69.4. The van der Waals surface area contributed by atoms with Gasteiger partial charge in [0.05, 0.1) is 33.1 Å². The van der Waals surface area contributed by atoms with Crippen LogP contribution in [0.15, 0.2) is 388 Å². The Morgan fingerprint density at radius 3 is 0.824 bits per heavy atom. The van der Waals surface area contributed by atoms with Crippen molar-refractivity contribution in [2.24, 2.45) is 7.05 Å². The molecular weight excluding hydrogens is 1230 g/mol. The molecule has 4 nitrogen and oxygen atoms in total. The number of hydrogen-bond acceptors (Lipinski definition) is 0. The summed E-state index contributed by atoms with van der Waals surface area (Å²) >= 11 is 0. The van der Waals surface area contributed by atoms with Crippen LogP contribution in [0.25, 0.3) is 104 Å². The maximum absolute atomic E-state index is 2.34. The summed E-state index contributed by atoms with van der Waals surface area (Å²) in [6.07, 6.45) is 0. The van der Waals surface area contributed by atoms with E-state index in [0.29, 0.717) is 0 Å². The van der Waals surface area contributed by atoms with E-state index < -0.39 is 0 Å².